The van der Waals surface area contributed by atoms with Crippen LogP contribution in [0.5, 0.6) is 11.5 Å². The highest BCUT2D eigenvalue weighted by molar-refractivity contribution is 6.00. The minimum Gasteiger partial charge on any atom is -0.507 e. The van der Waals surface area contributed by atoms with Gasteiger partial charge in [-0.3, -0.25) is 0 Å². The lowest BCUT2D eigenvalue weighted by molar-refractivity contribution is 0.0600. The van der Waals surface area contributed by atoms with Gasteiger partial charge in [0.25, 0.3) is 0 Å². The average molecular weight is 232 g/mol. The predicted octanol–water partition coefficient (Wildman–Crippen LogP) is 2.34. The second-order valence-electron chi connectivity index (χ2n) is 3.55. The second-order valence-corrected chi connectivity index (χ2v) is 3.55. The Balaban J connectivity index is 2.71. The van der Waals surface area contributed by atoms with E-state index in [0.29, 0.717) is 16.7 Å². The van der Waals surface area contributed by atoms with Crippen LogP contribution < -0.4 is 4.74 Å². The fourth-order valence-electron chi connectivity index (χ4n) is 1.78. The summed E-state index contributed by atoms with van der Waals surface area (Å²) in [7, 11) is 2.83. The van der Waals surface area contributed by atoms with Crippen molar-refractivity contribution in [1.82, 2.24) is 0 Å². The van der Waals surface area contributed by atoms with Crippen molar-refractivity contribution in [2.24, 2.45) is 0 Å². The number of fused-ring (bicyclic) bond motifs is 1. The Hall–Kier alpha value is -2.23. The summed E-state index contributed by atoms with van der Waals surface area (Å²) in [5.74, 6) is 0.0850. The molecule has 0 spiro atoms. The topological polar surface area (TPSA) is 55.8 Å². The molecule has 0 amide bonds. The molecule has 0 unspecified atom stereocenters. The largest absolute Gasteiger partial charge is 0.507 e. The molecule has 0 heterocycles. The third-order valence-electron chi connectivity index (χ3n) is 2.56. The molecule has 0 aliphatic heterocycles. The number of hydrogen-bond acceptors (Lipinski definition) is 4. The minimum absolute atomic E-state index is 0.000324. The van der Waals surface area contributed by atoms with Gasteiger partial charge in [0.1, 0.15) is 11.5 Å². The van der Waals surface area contributed by atoms with Crippen molar-refractivity contribution in [2.75, 3.05) is 14.2 Å². The lowest BCUT2D eigenvalue weighted by Gasteiger charge is -2.08. The molecule has 0 aliphatic rings. The summed E-state index contributed by atoms with van der Waals surface area (Å²) in [6.45, 7) is 0. The van der Waals surface area contributed by atoms with Crippen LogP contribution in [0, 0.1) is 0 Å². The van der Waals surface area contributed by atoms with Crippen molar-refractivity contribution in [3.05, 3.63) is 35.9 Å². The molecule has 0 saturated heterocycles. The Labute approximate surface area is 98.4 Å². The Morgan fingerprint density at radius 2 is 2.00 bits per heavy atom. The minimum atomic E-state index is -0.481. The van der Waals surface area contributed by atoms with Crippen LogP contribution in [-0.4, -0.2) is 25.3 Å². The first-order chi connectivity index (χ1) is 8.17. The summed E-state index contributed by atoms with van der Waals surface area (Å²) in [4.78, 5) is 11.4. The fourth-order valence-corrected chi connectivity index (χ4v) is 1.78. The van der Waals surface area contributed by atoms with Gasteiger partial charge in [-0.05, 0) is 23.6 Å². The van der Waals surface area contributed by atoms with Crippen molar-refractivity contribution < 1.29 is 19.4 Å². The van der Waals surface area contributed by atoms with E-state index in [1.54, 1.807) is 24.3 Å². The average Bonchev–Trinajstić information content (AvgIpc) is 2.36. The van der Waals surface area contributed by atoms with Crippen LogP contribution in [0.3, 0.4) is 0 Å². The van der Waals surface area contributed by atoms with E-state index in [1.807, 2.05) is 0 Å². The molecule has 0 aliphatic carbocycles. The summed E-state index contributed by atoms with van der Waals surface area (Å²) in [5, 5.41) is 11.2. The van der Waals surface area contributed by atoms with Gasteiger partial charge in [0, 0.05) is 0 Å². The van der Waals surface area contributed by atoms with Crippen molar-refractivity contribution in [2.45, 2.75) is 0 Å². The molecule has 2 rings (SSSR count). The van der Waals surface area contributed by atoms with Gasteiger partial charge < -0.3 is 14.6 Å². The van der Waals surface area contributed by atoms with Crippen LogP contribution in [-0.2, 0) is 4.74 Å². The Kier molecular flexibility index (Phi) is 2.87. The molecule has 0 atom stereocenters. The molecule has 4 nitrogen and oxygen atoms in total. The molecule has 17 heavy (non-hydrogen) atoms. The summed E-state index contributed by atoms with van der Waals surface area (Å²) < 4.78 is 9.77. The first-order valence-electron chi connectivity index (χ1n) is 5.05. The SMILES string of the molecule is COC(=O)c1cc(O)c2c(OC)cccc2c1. The predicted molar refractivity (Wildman–Crippen MR) is 63.5 cm³/mol. The van der Waals surface area contributed by atoms with Gasteiger partial charge in [0.2, 0.25) is 0 Å². The maximum Gasteiger partial charge on any atom is 0.338 e. The number of aromatic hydroxyl groups is 1. The van der Waals surface area contributed by atoms with E-state index < -0.39 is 5.97 Å². The number of methoxy groups -OCH3 is 2. The highest BCUT2D eigenvalue weighted by Crippen LogP contribution is 2.34. The maximum absolute atomic E-state index is 11.4. The van der Waals surface area contributed by atoms with Crippen LogP contribution in [0.4, 0.5) is 0 Å². The quantitative estimate of drug-likeness (QED) is 0.807. The zero-order chi connectivity index (χ0) is 12.4. The van der Waals surface area contributed by atoms with Gasteiger partial charge >= 0.3 is 5.97 Å². The molecule has 0 saturated carbocycles. The van der Waals surface area contributed by atoms with E-state index in [9.17, 15) is 9.90 Å². The van der Waals surface area contributed by atoms with Crippen LogP contribution in [0.25, 0.3) is 10.8 Å². The number of hydrogen-bond donors (Lipinski definition) is 1. The normalized spacial score (nSPS) is 10.2. The lowest BCUT2D eigenvalue weighted by atomic mass is 10.0. The van der Waals surface area contributed by atoms with E-state index in [0.717, 1.165) is 5.39 Å². The number of rotatable bonds is 2. The lowest BCUT2D eigenvalue weighted by Crippen LogP contribution is -2.01. The van der Waals surface area contributed by atoms with Gasteiger partial charge in [-0.2, -0.15) is 0 Å². The van der Waals surface area contributed by atoms with Crippen LogP contribution in [0.15, 0.2) is 30.3 Å². The van der Waals surface area contributed by atoms with Crippen molar-refractivity contribution in [3.63, 3.8) is 0 Å². The van der Waals surface area contributed by atoms with E-state index in [-0.39, 0.29) is 5.75 Å². The van der Waals surface area contributed by atoms with E-state index in [1.165, 1.54) is 20.3 Å². The monoisotopic (exact) mass is 232 g/mol. The van der Waals surface area contributed by atoms with E-state index >= 15 is 0 Å². The molecule has 2 aromatic carbocycles. The number of esters is 1. The standard InChI is InChI=1S/C13H12O4/c1-16-11-5-3-4-8-6-9(13(15)17-2)7-10(14)12(8)11/h3-7,14H,1-2H3. The van der Waals surface area contributed by atoms with E-state index in [4.69, 9.17) is 4.74 Å². The molecule has 0 radical (unpaired) electrons. The summed E-state index contributed by atoms with van der Waals surface area (Å²) in [6.07, 6.45) is 0. The highest BCUT2D eigenvalue weighted by Gasteiger charge is 2.12. The van der Waals surface area contributed by atoms with E-state index in [2.05, 4.69) is 4.74 Å². The molecular weight excluding hydrogens is 220 g/mol. The second kappa shape index (κ2) is 4.33. The van der Waals surface area contributed by atoms with Gasteiger partial charge in [0.15, 0.2) is 0 Å². The zero-order valence-corrected chi connectivity index (χ0v) is 9.56. The first-order valence-corrected chi connectivity index (χ1v) is 5.05. The van der Waals surface area contributed by atoms with Crippen molar-refractivity contribution >= 4 is 16.7 Å². The highest BCUT2D eigenvalue weighted by atomic mass is 16.5. The number of ether oxygens (including phenoxy) is 2. The van der Waals surface area contributed by atoms with Gasteiger partial charge in [-0.15, -0.1) is 0 Å². The molecular formula is C13H12O4. The van der Waals surface area contributed by atoms with Crippen LogP contribution in [0.1, 0.15) is 10.4 Å². The third-order valence-corrected chi connectivity index (χ3v) is 2.56. The van der Waals surface area contributed by atoms with Crippen molar-refractivity contribution in [1.29, 1.82) is 0 Å². The van der Waals surface area contributed by atoms with Crippen molar-refractivity contribution in [3.8, 4) is 11.5 Å². The fraction of sp³-hybridized carbons (Fsp3) is 0.154. The number of carbonyl (C=O) groups excluding carboxylic acids is 1. The summed E-state index contributed by atoms with van der Waals surface area (Å²) >= 11 is 0. The summed E-state index contributed by atoms with van der Waals surface area (Å²) in [5.41, 5.74) is 0.311. The van der Waals surface area contributed by atoms with Gasteiger partial charge in [0.05, 0.1) is 25.2 Å². The molecule has 4 heteroatoms. The Morgan fingerprint density at radius 1 is 1.24 bits per heavy atom. The van der Waals surface area contributed by atoms with Gasteiger partial charge in [-0.1, -0.05) is 12.1 Å². The molecule has 0 fully saturated rings. The molecule has 2 aromatic rings. The molecule has 0 aromatic heterocycles. The number of benzene rings is 2. The van der Waals surface area contributed by atoms with Crippen LogP contribution in [0.2, 0.25) is 0 Å². The molecule has 88 valence electrons. The van der Waals surface area contributed by atoms with Crippen LogP contribution >= 0.6 is 0 Å². The summed E-state index contributed by atoms with van der Waals surface area (Å²) in [6, 6.07) is 8.37. The Bertz CT molecular complexity index is 575. The molecule has 1 N–H and O–H groups in total. The van der Waals surface area contributed by atoms with Gasteiger partial charge in [-0.25, -0.2) is 4.79 Å². The molecule has 0 bridgehead atoms. The Morgan fingerprint density at radius 3 is 2.65 bits per heavy atom. The maximum atomic E-state index is 11.4. The third kappa shape index (κ3) is 1.89. The number of carbonyl (C=O) groups is 1. The number of phenolic OH excluding ortho intramolecular Hbond substituents is 1. The smallest absolute Gasteiger partial charge is 0.338 e. The first kappa shape index (κ1) is 11.3. The zero-order valence-electron chi connectivity index (χ0n) is 9.56. The number of phenols is 1.